The summed E-state index contributed by atoms with van der Waals surface area (Å²) in [6.45, 7) is 6.52. The molecule has 0 spiro atoms. The number of ether oxygens (including phenoxy) is 1. The van der Waals surface area contributed by atoms with Gasteiger partial charge in [0.05, 0.1) is 23.4 Å². The van der Waals surface area contributed by atoms with E-state index in [2.05, 4.69) is 4.57 Å². The van der Waals surface area contributed by atoms with Gasteiger partial charge in [0.2, 0.25) is 0 Å². The fraction of sp³-hybridized carbons (Fsp3) is 0.385. The van der Waals surface area contributed by atoms with Gasteiger partial charge in [0.1, 0.15) is 5.60 Å². The van der Waals surface area contributed by atoms with Gasteiger partial charge in [-0.15, -0.1) is 0 Å². The van der Waals surface area contributed by atoms with Crippen LogP contribution in [0.15, 0.2) is 41.8 Å². The first-order chi connectivity index (χ1) is 15.7. The zero-order chi connectivity index (χ0) is 23.3. The molecule has 1 saturated carbocycles. The monoisotopic (exact) mass is 483 g/mol. The fourth-order valence-electron chi connectivity index (χ4n) is 4.31. The number of rotatable bonds is 4. The number of hydrogen-bond donors (Lipinski definition) is 0. The Kier molecular flexibility index (Phi) is 5.66. The number of carbonyl (C=O) groups is 1. The molecule has 0 radical (unpaired) electrons. The van der Waals surface area contributed by atoms with Crippen molar-refractivity contribution in [3.63, 3.8) is 0 Å². The van der Waals surface area contributed by atoms with Gasteiger partial charge in [-0.2, -0.15) is 0 Å². The smallest absolute Gasteiger partial charge is 0.419 e. The van der Waals surface area contributed by atoms with Crippen LogP contribution in [0.2, 0.25) is 5.02 Å². The number of carbonyl (C=O) groups excluding carboxylic acids is 1. The molecule has 1 aromatic carbocycles. The SMILES string of the molecule is CC(C)(C)OC(=O)n1cc(-c2c(-c3ccc(Cl)cc3)ncn2CC2CC2)c2c1C=C(Cl)CC2. The lowest BCUT2D eigenvalue weighted by Gasteiger charge is -2.20. The summed E-state index contributed by atoms with van der Waals surface area (Å²) < 4.78 is 9.53. The molecule has 5 rings (SSSR count). The summed E-state index contributed by atoms with van der Waals surface area (Å²) in [5, 5.41) is 1.42. The molecule has 2 aromatic heterocycles. The molecule has 33 heavy (non-hydrogen) atoms. The molecule has 0 amide bonds. The Hall–Kier alpha value is -2.50. The van der Waals surface area contributed by atoms with Crippen LogP contribution in [0.5, 0.6) is 0 Å². The number of allylic oxidation sites excluding steroid dienone is 1. The second-order valence-electron chi connectivity index (χ2n) is 9.89. The van der Waals surface area contributed by atoms with Crippen LogP contribution >= 0.6 is 23.2 Å². The molecule has 7 heteroatoms. The van der Waals surface area contributed by atoms with Crippen LogP contribution in [-0.2, 0) is 17.7 Å². The third kappa shape index (κ3) is 4.62. The zero-order valence-electron chi connectivity index (χ0n) is 19.1. The molecular formula is C26H27Cl2N3O2. The van der Waals surface area contributed by atoms with E-state index >= 15 is 0 Å². The van der Waals surface area contributed by atoms with E-state index in [1.807, 2.05) is 63.6 Å². The third-order valence-corrected chi connectivity index (χ3v) is 6.56. The second kappa shape index (κ2) is 8.37. The number of nitrogens with zero attached hydrogens (tertiary/aromatic N) is 3. The molecule has 0 atom stereocenters. The topological polar surface area (TPSA) is 49.1 Å². The van der Waals surface area contributed by atoms with Crippen molar-refractivity contribution in [3.05, 3.63) is 58.1 Å². The highest BCUT2D eigenvalue weighted by molar-refractivity contribution is 6.31. The number of hydrogen-bond acceptors (Lipinski definition) is 3. The summed E-state index contributed by atoms with van der Waals surface area (Å²) in [5.41, 5.74) is 5.19. The number of aromatic nitrogens is 3. The number of benzene rings is 1. The van der Waals surface area contributed by atoms with Crippen molar-refractivity contribution in [2.45, 2.75) is 58.6 Å². The lowest BCUT2D eigenvalue weighted by Crippen LogP contribution is -2.27. The van der Waals surface area contributed by atoms with Crippen LogP contribution in [0.25, 0.3) is 28.6 Å². The predicted molar refractivity (Wildman–Crippen MR) is 133 cm³/mol. The van der Waals surface area contributed by atoms with Gasteiger partial charge in [-0.25, -0.2) is 9.78 Å². The van der Waals surface area contributed by atoms with Crippen molar-refractivity contribution in [1.82, 2.24) is 14.1 Å². The highest BCUT2D eigenvalue weighted by Crippen LogP contribution is 2.41. The van der Waals surface area contributed by atoms with Gasteiger partial charge in [0, 0.05) is 33.9 Å². The third-order valence-electron chi connectivity index (χ3n) is 6.01. The van der Waals surface area contributed by atoms with E-state index in [0.29, 0.717) is 10.9 Å². The summed E-state index contributed by atoms with van der Waals surface area (Å²) in [5.74, 6) is 0.675. The van der Waals surface area contributed by atoms with Crippen LogP contribution in [0, 0.1) is 5.92 Å². The molecule has 2 aliphatic rings. The van der Waals surface area contributed by atoms with Crippen molar-refractivity contribution in [2.75, 3.05) is 0 Å². The van der Waals surface area contributed by atoms with Gasteiger partial charge >= 0.3 is 6.09 Å². The van der Waals surface area contributed by atoms with Gasteiger partial charge < -0.3 is 9.30 Å². The Morgan fingerprint density at radius 3 is 2.55 bits per heavy atom. The number of fused-ring (bicyclic) bond motifs is 1. The van der Waals surface area contributed by atoms with E-state index in [9.17, 15) is 4.79 Å². The summed E-state index contributed by atoms with van der Waals surface area (Å²) in [6, 6.07) is 7.74. The van der Waals surface area contributed by atoms with Gasteiger partial charge in [-0.3, -0.25) is 4.57 Å². The van der Waals surface area contributed by atoms with Gasteiger partial charge in [-0.05, 0) is 76.1 Å². The Bertz CT molecular complexity index is 1240. The molecular weight excluding hydrogens is 457 g/mol. The molecule has 0 N–H and O–H groups in total. The molecule has 2 aliphatic carbocycles. The van der Waals surface area contributed by atoms with E-state index in [1.54, 1.807) is 4.57 Å². The van der Waals surface area contributed by atoms with Crippen molar-refractivity contribution in [2.24, 2.45) is 5.92 Å². The maximum atomic E-state index is 13.1. The number of imidazole rings is 1. The molecule has 0 unspecified atom stereocenters. The largest absolute Gasteiger partial charge is 0.443 e. The van der Waals surface area contributed by atoms with Crippen LogP contribution in [0.4, 0.5) is 4.79 Å². The average Bonchev–Trinajstić information content (AvgIpc) is 3.34. The first-order valence-corrected chi connectivity index (χ1v) is 12.1. The van der Waals surface area contributed by atoms with Crippen molar-refractivity contribution >= 4 is 35.4 Å². The van der Waals surface area contributed by atoms with Crippen LogP contribution < -0.4 is 0 Å². The summed E-state index contributed by atoms with van der Waals surface area (Å²) in [6.07, 6.45) is 9.26. The summed E-state index contributed by atoms with van der Waals surface area (Å²) >= 11 is 12.5. The lowest BCUT2D eigenvalue weighted by molar-refractivity contribution is 0.0536. The van der Waals surface area contributed by atoms with Gasteiger partial charge in [0.25, 0.3) is 0 Å². The fourth-order valence-corrected chi connectivity index (χ4v) is 4.63. The Morgan fingerprint density at radius 1 is 1.15 bits per heavy atom. The number of halogens is 2. The molecule has 1 fully saturated rings. The second-order valence-corrected chi connectivity index (χ2v) is 10.8. The van der Waals surface area contributed by atoms with Crippen molar-refractivity contribution in [3.8, 4) is 22.5 Å². The van der Waals surface area contributed by atoms with E-state index in [0.717, 1.165) is 58.2 Å². The maximum absolute atomic E-state index is 13.1. The van der Waals surface area contributed by atoms with Crippen molar-refractivity contribution in [1.29, 1.82) is 0 Å². The van der Waals surface area contributed by atoms with Crippen LogP contribution in [0.3, 0.4) is 0 Å². The Balaban J connectivity index is 1.69. The average molecular weight is 484 g/mol. The van der Waals surface area contributed by atoms with Gasteiger partial charge in [-0.1, -0.05) is 35.3 Å². The van der Waals surface area contributed by atoms with Gasteiger partial charge in [0.15, 0.2) is 0 Å². The molecule has 5 nitrogen and oxygen atoms in total. The molecule has 3 aromatic rings. The molecule has 0 saturated heterocycles. The van der Waals surface area contributed by atoms with E-state index in [-0.39, 0.29) is 0 Å². The van der Waals surface area contributed by atoms with Crippen LogP contribution in [0.1, 0.15) is 51.3 Å². The zero-order valence-corrected chi connectivity index (χ0v) is 20.6. The van der Waals surface area contributed by atoms with Crippen LogP contribution in [-0.4, -0.2) is 25.8 Å². The Labute approximate surface area is 204 Å². The first kappa shape index (κ1) is 22.3. The van der Waals surface area contributed by atoms with Crippen molar-refractivity contribution < 1.29 is 9.53 Å². The van der Waals surface area contributed by atoms with E-state index in [1.165, 1.54) is 12.8 Å². The normalized spacial score (nSPS) is 15.8. The molecule has 0 bridgehead atoms. The standard InChI is InChI=1S/C26H27Cl2N3O2/c1-26(2,3)33-25(32)31-14-21(20-11-10-19(28)12-22(20)31)24-23(17-6-8-18(27)9-7-17)29-15-30(24)13-16-4-5-16/h6-9,12,14-16H,4-5,10-11,13H2,1-3H3. The first-order valence-electron chi connectivity index (χ1n) is 11.3. The molecule has 172 valence electrons. The van der Waals surface area contributed by atoms with E-state index in [4.69, 9.17) is 32.9 Å². The highest BCUT2D eigenvalue weighted by atomic mass is 35.5. The Morgan fingerprint density at radius 2 is 1.88 bits per heavy atom. The minimum atomic E-state index is -0.598. The quantitative estimate of drug-likeness (QED) is 0.388. The van der Waals surface area contributed by atoms with E-state index < -0.39 is 11.7 Å². The summed E-state index contributed by atoms with van der Waals surface area (Å²) in [4.78, 5) is 17.9. The highest BCUT2D eigenvalue weighted by Gasteiger charge is 2.30. The predicted octanol–water partition coefficient (Wildman–Crippen LogP) is 7.39. The molecule has 0 aliphatic heterocycles. The lowest BCUT2D eigenvalue weighted by atomic mass is 9.96. The minimum Gasteiger partial charge on any atom is -0.443 e. The maximum Gasteiger partial charge on any atom is 0.419 e. The minimum absolute atomic E-state index is 0.408. The summed E-state index contributed by atoms with van der Waals surface area (Å²) in [7, 11) is 0. The molecule has 2 heterocycles.